The van der Waals surface area contributed by atoms with E-state index in [-0.39, 0.29) is 0 Å². The molecule has 4 nitrogen and oxygen atoms in total. The van der Waals surface area contributed by atoms with Crippen LogP contribution in [0.25, 0.3) is 0 Å². The Balaban J connectivity index is 1.45. The van der Waals surface area contributed by atoms with Crippen molar-refractivity contribution >= 4 is 11.6 Å². The predicted octanol–water partition coefficient (Wildman–Crippen LogP) is 2.48. The number of likely N-dealkylation sites (tertiary alicyclic amines) is 1. The molecule has 1 N–H and O–H groups in total. The fourth-order valence-corrected chi connectivity index (χ4v) is 3.39. The van der Waals surface area contributed by atoms with E-state index in [0.29, 0.717) is 12.2 Å². The van der Waals surface area contributed by atoms with Gasteiger partial charge < -0.3 is 19.7 Å². The molecule has 1 aromatic carbocycles. The number of aryl methyl sites for hydroxylation is 1. The maximum absolute atomic E-state index is 6.15. The van der Waals surface area contributed by atoms with Crippen molar-refractivity contribution in [3.05, 3.63) is 28.8 Å². The van der Waals surface area contributed by atoms with Crippen LogP contribution in [0.5, 0.6) is 5.75 Å². The highest BCUT2D eigenvalue weighted by molar-refractivity contribution is 6.30. The summed E-state index contributed by atoms with van der Waals surface area (Å²) >= 11 is 5.99. The molecular weight excluding hydrogens is 300 g/mol. The first-order chi connectivity index (χ1) is 10.7. The summed E-state index contributed by atoms with van der Waals surface area (Å²) in [5, 5.41) is 4.15. The molecule has 1 atom stereocenters. The number of benzene rings is 1. The zero-order chi connectivity index (χ0) is 15.4. The van der Waals surface area contributed by atoms with Gasteiger partial charge in [0, 0.05) is 37.7 Å². The van der Waals surface area contributed by atoms with Crippen LogP contribution in [0.4, 0.5) is 0 Å². The molecule has 0 saturated carbocycles. The van der Waals surface area contributed by atoms with Crippen molar-refractivity contribution in [2.45, 2.75) is 32.0 Å². The molecule has 0 aromatic heterocycles. The van der Waals surface area contributed by atoms with E-state index in [0.717, 1.165) is 68.5 Å². The average Bonchev–Trinajstić information content (AvgIpc) is 2.53. The standard InChI is InChI=1S/C17H25ClN2O2/c1-13-10-14(18)2-3-17(13)22-15-4-7-20(8-5-15)12-16-11-19-6-9-21-16/h2-3,10,15-16,19H,4-9,11-12H2,1H3/t16-/m0/s1. The Hall–Kier alpha value is -0.810. The van der Waals surface area contributed by atoms with Gasteiger partial charge in [-0.2, -0.15) is 0 Å². The number of morpholine rings is 1. The van der Waals surface area contributed by atoms with Crippen molar-refractivity contribution in [2.24, 2.45) is 0 Å². The molecule has 0 bridgehead atoms. The predicted molar refractivity (Wildman–Crippen MR) is 88.9 cm³/mol. The van der Waals surface area contributed by atoms with Gasteiger partial charge in [-0.15, -0.1) is 0 Å². The van der Waals surface area contributed by atoms with E-state index in [1.165, 1.54) is 0 Å². The fourth-order valence-electron chi connectivity index (χ4n) is 3.16. The normalized spacial score (nSPS) is 24.4. The van der Waals surface area contributed by atoms with Gasteiger partial charge in [-0.05, 0) is 43.5 Å². The van der Waals surface area contributed by atoms with Gasteiger partial charge in [0.15, 0.2) is 0 Å². The van der Waals surface area contributed by atoms with Crippen molar-refractivity contribution in [3.8, 4) is 5.75 Å². The largest absolute Gasteiger partial charge is 0.490 e. The topological polar surface area (TPSA) is 33.7 Å². The lowest BCUT2D eigenvalue weighted by atomic mass is 10.1. The van der Waals surface area contributed by atoms with Crippen LogP contribution in [-0.2, 0) is 4.74 Å². The quantitative estimate of drug-likeness (QED) is 0.922. The van der Waals surface area contributed by atoms with Crippen LogP contribution in [-0.4, -0.2) is 56.4 Å². The molecule has 2 saturated heterocycles. The highest BCUT2D eigenvalue weighted by atomic mass is 35.5. The lowest BCUT2D eigenvalue weighted by molar-refractivity contribution is -0.00566. The van der Waals surface area contributed by atoms with Crippen molar-refractivity contribution in [2.75, 3.05) is 39.3 Å². The van der Waals surface area contributed by atoms with Gasteiger partial charge in [0.05, 0.1) is 12.7 Å². The highest BCUT2D eigenvalue weighted by Gasteiger charge is 2.24. The van der Waals surface area contributed by atoms with Gasteiger partial charge in [0.1, 0.15) is 11.9 Å². The van der Waals surface area contributed by atoms with Crippen LogP contribution in [0, 0.1) is 6.92 Å². The second kappa shape index (κ2) is 7.64. The van der Waals surface area contributed by atoms with Gasteiger partial charge in [-0.3, -0.25) is 0 Å². The molecule has 22 heavy (non-hydrogen) atoms. The number of rotatable bonds is 4. The Morgan fingerprint density at radius 1 is 1.36 bits per heavy atom. The van der Waals surface area contributed by atoms with Crippen LogP contribution < -0.4 is 10.1 Å². The van der Waals surface area contributed by atoms with Gasteiger partial charge >= 0.3 is 0 Å². The Bertz CT molecular complexity index is 484. The van der Waals surface area contributed by atoms with Crippen molar-refractivity contribution in [1.82, 2.24) is 10.2 Å². The number of nitrogens with zero attached hydrogens (tertiary/aromatic N) is 1. The molecule has 0 amide bonds. The molecule has 5 heteroatoms. The first-order valence-electron chi connectivity index (χ1n) is 8.18. The second-order valence-corrected chi connectivity index (χ2v) is 6.66. The summed E-state index contributed by atoms with van der Waals surface area (Å²) in [5.74, 6) is 0.961. The summed E-state index contributed by atoms with van der Waals surface area (Å²) < 4.78 is 11.9. The zero-order valence-corrected chi connectivity index (χ0v) is 13.9. The SMILES string of the molecule is Cc1cc(Cl)ccc1OC1CCN(C[C@@H]2CNCCO2)CC1. The van der Waals surface area contributed by atoms with E-state index in [1.54, 1.807) is 0 Å². The van der Waals surface area contributed by atoms with E-state index in [4.69, 9.17) is 21.1 Å². The zero-order valence-electron chi connectivity index (χ0n) is 13.2. The summed E-state index contributed by atoms with van der Waals surface area (Å²) in [6.07, 6.45) is 2.79. The third-order valence-corrected chi connectivity index (χ3v) is 4.67. The van der Waals surface area contributed by atoms with Crippen molar-refractivity contribution in [3.63, 3.8) is 0 Å². The first-order valence-corrected chi connectivity index (χ1v) is 8.56. The molecule has 0 spiro atoms. The minimum absolute atomic E-state index is 0.307. The molecule has 122 valence electrons. The molecule has 2 aliphatic rings. The molecule has 0 unspecified atom stereocenters. The monoisotopic (exact) mass is 324 g/mol. The number of nitrogens with one attached hydrogen (secondary N) is 1. The van der Waals surface area contributed by atoms with Crippen LogP contribution in [0.3, 0.4) is 0 Å². The summed E-state index contributed by atoms with van der Waals surface area (Å²) in [7, 11) is 0. The summed E-state index contributed by atoms with van der Waals surface area (Å²) in [6, 6.07) is 5.83. The third-order valence-electron chi connectivity index (χ3n) is 4.43. The number of halogens is 1. The molecular formula is C17H25ClN2O2. The van der Waals surface area contributed by atoms with Crippen molar-refractivity contribution < 1.29 is 9.47 Å². The van der Waals surface area contributed by atoms with Crippen LogP contribution in [0.2, 0.25) is 5.02 Å². The molecule has 2 fully saturated rings. The summed E-state index contributed by atoms with van der Waals surface area (Å²) in [6.45, 7) is 8.02. The van der Waals surface area contributed by atoms with Gasteiger partial charge in [-0.25, -0.2) is 0 Å². The minimum Gasteiger partial charge on any atom is -0.490 e. The summed E-state index contributed by atoms with van der Waals surface area (Å²) in [5.41, 5.74) is 1.11. The minimum atomic E-state index is 0.307. The average molecular weight is 325 g/mol. The number of hydrogen-bond acceptors (Lipinski definition) is 4. The second-order valence-electron chi connectivity index (χ2n) is 6.22. The van der Waals surface area contributed by atoms with E-state index >= 15 is 0 Å². The fraction of sp³-hybridized carbons (Fsp3) is 0.647. The number of piperidine rings is 1. The molecule has 2 heterocycles. The highest BCUT2D eigenvalue weighted by Crippen LogP contribution is 2.25. The van der Waals surface area contributed by atoms with E-state index in [9.17, 15) is 0 Å². The van der Waals surface area contributed by atoms with Gasteiger partial charge in [0.25, 0.3) is 0 Å². The Kier molecular flexibility index (Phi) is 5.58. The van der Waals surface area contributed by atoms with E-state index in [1.807, 2.05) is 25.1 Å². The van der Waals surface area contributed by atoms with Crippen LogP contribution >= 0.6 is 11.6 Å². The first kappa shape index (κ1) is 16.1. The maximum atomic E-state index is 6.15. The van der Waals surface area contributed by atoms with E-state index in [2.05, 4.69) is 10.2 Å². The Morgan fingerprint density at radius 3 is 2.86 bits per heavy atom. The molecule has 3 rings (SSSR count). The molecule has 0 aliphatic carbocycles. The van der Waals surface area contributed by atoms with Crippen molar-refractivity contribution in [1.29, 1.82) is 0 Å². The lowest BCUT2D eigenvalue weighted by Gasteiger charge is -2.35. The number of ether oxygens (including phenoxy) is 2. The van der Waals surface area contributed by atoms with Crippen LogP contribution in [0.1, 0.15) is 18.4 Å². The van der Waals surface area contributed by atoms with Gasteiger partial charge in [0.2, 0.25) is 0 Å². The summed E-state index contributed by atoms with van der Waals surface area (Å²) in [4.78, 5) is 2.49. The maximum Gasteiger partial charge on any atom is 0.122 e. The van der Waals surface area contributed by atoms with Crippen LogP contribution in [0.15, 0.2) is 18.2 Å². The lowest BCUT2D eigenvalue weighted by Crippen LogP contribution is -2.48. The Labute approximate surface area is 137 Å². The molecule has 2 aliphatic heterocycles. The Morgan fingerprint density at radius 2 is 2.18 bits per heavy atom. The third kappa shape index (κ3) is 4.35. The smallest absolute Gasteiger partial charge is 0.122 e. The molecule has 0 radical (unpaired) electrons. The number of hydrogen-bond donors (Lipinski definition) is 1. The molecule has 1 aromatic rings. The van der Waals surface area contributed by atoms with Gasteiger partial charge in [-0.1, -0.05) is 11.6 Å². The van der Waals surface area contributed by atoms with E-state index < -0.39 is 0 Å².